The van der Waals surface area contributed by atoms with Crippen molar-refractivity contribution in [3.05, 3.63) is 53.8 Å². The first kappa shape index (κ1) is 26.1. The Morgan fingerprint density at radius 1 is 1.00 bits per heavy atom. The van der Waals surface area contributed by atoms with Gasteiger partial charge >= 0.3 is 0 Å². The Morgan fingerprint density at radius 3 is 2.33 bits per heavy atom. The molecule has 0 spiro atoms. The van der Waals surface area contributed by atoms with Crippen LogP contribution in [-0.4, -0.2) is 63.9 Å². The van der Waals surface area contributed by atoms with Gasteiger partial charge in [0.25, 0.3) is 0 Å². The number of nitrogens with one attached hydrogen (secondary N) is 1. The number of piperazine rings is 1. The first-order valence-corrected chi connectivity index (χ1v) is 13.8. The highest BCUT2D eigenvalue weighted by molar-refractivity contribution is 7.89. The molecule has 1 N–H and O–H groups in total. The van der Waals surface area contributed by atoms with Crippen LogP contribution in [-0.2, 0) is 26.0 Å². The van der Waals surface area contributed by atoms with Gasteiger partial charge in [0, 0.05) is 45.3 Å². The number of hydrogen-bond donors (Lipinski definition) is 1. The molecule has 0 bridgehead atoms. The summed E-state index contributed by atoms with van der Waals surface area (Å²) in [5, 5.41) is 0. The summed E-state index contributed by atoms with van der Waals surface area (Å²) in [6.07, 6.45) is 0.938. The fraction of sp³-hybridized carbons (Fsp3) is 0.462. The van der Waals surface area contributed by atoms with Crippen LogP contribution in [0.4, 0.5) is 15.8 Å². The predicted octanol–water partition coefficient (Wildman–Crippen LogP) is 2.78. The quantitative estimate of drug-likeness (QED) is 0.611. The van der Waals surface area contributed by atoms with Crippen LogP contribution in [0.2, 0.25) is 0 Å². The minimum Gasteiger partial charge on any atom is -0.366 e. The molecule has 2 heterocycles. The van der Waals surface area contributed by atoms with Crippen LogP contribution in [0.1, 0.15) is 32.8 Å². The SMILES string of the molecule is CC(=O)N1CCc2cc(S(=O)(=O)N[C@@H](CC(C)C)C(=O)N3CCN(c4ccccc4F)CC3)ccc21. The Balaban J connectivity index is 1.47. The lowest BCUT2D eigenvalue weighted by Gasteiger charge is -2.38. The van der Waals surface area contributed by atoms with Gasteiger partial charge in [0.15, 0.2) is 0 Å². The molecule has 194 valence electrons. The van der Waals surface area contributed by atoms with Crippen molar-refractivity contribution in [1.82, 2.24) is 9.62 Å². The molecule has 2 aromatic rings. The number of hydrogen-bond acceptors (Lipinski definition) is 5. The van der Waals surface area contributed by atoms with Gasteiger partial charge in [-0.1, -0.05) is 26.0 Å². The number of rotatable bonds is 7. The Bertz CT molecular complexity index is 1240. The van der Waals surface area contributed by atoms with Crippen LogP contribution < -0.4 is 14.5 Å². The minimum absolute atomic E-state index is 0.0811. The monoisotopic (exact) mass is 516 g/mol. The summed E-state index contributed by atoms with van der Waals surface area (Å²) in [6.45, 7) is 7.57. The van der Waals surface area contributed by atoms with Crippen molar-refractivity contribution in [3.8, 4) is 0 Å². The maximum Gasteiger partial charge on any atom is 0.241 e. The number of carbonyl (C=O) groups excluding carboxylic acids is 2. The molecule has 0 aliphatic carbocycles. The van der Waals surface area contributed by atoms with Crippen molar-refractivity contribution in [2.24, 2.45) is 5.92 Å². The zero-order chi connectivity index (χ0) is 26.0. The lowest BCUT2D eigenvalue weighted by Crippen LogP contribution is -2.55. The Labute approximate surface area is 212 Å². The molecule has 1 saturated heterocycles. The fourth-order valence-electron chi connectivity index (χ4n) is 4.89. The molecular weight excluding hydrogens is 483 g/mol. The number of anilines is 2. The Morgan fingerprint density at radius 2 is 1.69 bits per heavy atom. The number of sulfonamides is 1. The van der Waals surface area contributed by atoms with E-state index in [1.165, 1.54) is 19.1 Å². The van der Waals surface area contributed by atoms with E-state index >= 15 is 0 Å². The average molecular weight is 517 g/mol. The van der Waals surface area contributed by atoms with E-state index in [-0.39, 0.29) is 28.4 Å². The van der Waals surface area contributed by atoms with E-state index in [9.17, 15) is 22.4 Å². The third-order valence-corrected chi connectivity index (χ3v) is 8.19. The molecule has 1 atom stereocenters. The van der Waals surface area contributed by atoms with Crippen molar-refractivity contribution < 1.29 is 22.4 Å². The van der Waals surface area contributed by atoms with E-state index < -0.39 is 16.1 Å². The molecule has 0 radical (unpaired) electrons. The molecule has 2 aromatic carbocycles. The number of benzene rings is 2. The summed E-state index contributed by atoms with van der Waals surface area (Å²) >= 11 is 0. The van der Waals surface area contributed by atoms with Crippen molar-refractivity contribution in [2.75, 3.05) is 42.5 Å². The highest BCUT2D eigenvalue weighted by Crippen LogP contribution is 2.30. The summed E-state index contributed by atoms with van der Waals surface area (Å²) in [7, 11) is -3.97. The van der Waals surface area contributed by atoms with Gasteiger partial charge in [0.1, 0.15) is 11.9 Å². The topological polar surface area (TPSA) is 90.0 Å². The summed E-state index contributed by atoms with van der Waals surface area (Å²) in [6, 6.07) is 10.4. The number of halogens is 1. The molecule has 0 aromatic heterocycles. The maximum atomic E-state index is 14.2. The number of fused-ring (bicyclic) bond motifs is 1. The van der Waals surface area contributed by atoms with E-state index in [0.717, 1.165) is 11.3 Å². The van der Waals surface area contributed by atoms with Gasteiger partial charge in [0.2, 0.25) is 21.8 Å². The summed E-state index contributed by atoms with van der Waals surface area (Å²) in [5.74, 6) is -0.571. The number of carbonyl (C=O) groups is 2. The number of amides is 2. The van der Waals surface area contributed by atoms with Gasteiger partial charge in [-0.3, -0.25) is 9.59 Å². The van der Waals surface area contributed by atoms with Crippen molar-refractivity contribution in [2.45, 2.75) is 44.6 Å². The maximum absolute atomic E-state index is 14.2. The standard InChI is InChI=1S/C26H33FN4O4S/c1-18(2)16-23(26(33)30-14-12-29(13-15-30)25-7-5-4-6-22(25)27)28-36(34,35)21-8-9-24-20(17-21)10-11-31(24)19(3)32/h4-9,17-18,23,28H,10-16H2,1-3H3/t23-/m0/s1. The van der Waals surface area contributed by atoms with Crippen LogP contribution in [0.5, 0.6) is 0 Å². The molecule has 0 unspecified atom stereocenters. The van der Waals surface area contributed by atoms with Crippen LogP contribution in [0.25, 0.3) is 0 Å². The molecule has 2 aliphatic heterocycles. The first-order chi connectivity index (χ1) is 17.1. The molecule has 4 rings (SSSR count). The molecule has 8 nitrogen and oxygen atoms in total. The second-order valence-corrected chi connectivity index (χ2v) is 11.5. The highest BCUT2D eigenvalue weighted by atomic mass is 32.2. The third kappa shape index (κ3) is 5.54. The lowest BCUT2D eigenvalue weighted by molar-refractivity contribution is -0.133. The van der Waals surface area contributed by atoms with Gasteiger partial charge in [-0.2, -0.15) is 4.72 Å². The second kappa shape index (κ2) is 10.6. The number of para-hydroxylation sites is 1. The molecule has 2 aliphatic rings. The van der Waals surface area contributed by atoms with Crippen molar-refractivity contribution in [3.63, 3.8) is 0 Å². The lowest BCUT2D eigenvalue weighted by atomic mass is 10.0. The zero-order valence-electron chi connectivity index (χ0n) is 20.9. The van der Waals surface area contributed by atoms with Gasteiger partial charge in [-0.05, 0) is 54.7 Å². The normalized spacial score (nSPS) is 16.9. The third-order valence-electron chi connectivity index (χ3n) is 6.72. The largest absolute Gasteiger partial charge is 0.366 e. The molecule has 0 saturated carbocycles. The van der Waals surface area contributed by atoms with Crippen LogP contribution >= 0.6 is 0 Å². The molecule has 36 heavy (non-hydrogen) atoms. The number of nitrogens with zero attached hydrogens (tertiary/aromatic N) is 3. The van der Waals surface area contributed by atoms with E-state index in [1.54, 1.807) is 40.1 Å². The van der Waals surface area contributed by atoms with E-state index in [0.29, 0.717) is 51.3 Å². The van der Waals surface area contributed by atoms with E-state index in [1.807, 2.05) is 18.7 Å². The molecule has 2 amide bonds. The summed E-state index contributed by atoms with van der Waals surface area (Å²) in [5.41, 5.74) is 2.03. The second-order valence-electron chi connectivity index (χ2n) is 9.78. The van der Waals surface area contributed by atoms with E-state index in [2.05, 4.69) is 4.72 Å². The fourth-order valence-corrected chi connectivity index (χ4v) is 6.15. The van der Waals surface area contributed by atoms with Crippen molar-refractivity contribution >= 4 is 33.2 Å². The smallest absolute Gasteiger partial charge is 0.241 e. The predicted molar refractivity (Wildman–Crippen MR) is 137 cm³/mol. The van der Waals surface area contributed by atoms with Crippen molar-refractivity contribution in [1.29, 1.82) is 0 Å². The molecule has 1 fully saturated rings. The van der Waals surface area contributed by atoms with Crippen LogP contribution in [0.15, 0.2) is 47.4 Å². The summed E-state index contributed by atoms with van der Waals surface area (Å²) in [4.78, 5) is 30.5. The van der Waals surface area contributed by atoms with E-state index in [4.69, 9.17) is 0 Å². The molecule has 10 heteroatoms. The first-order valence-electron chi connectivity index (χ1n) is 12.3. The zero-order valence-corrected chi connectivity index (χ0v) is 21.7. The van der Waals surface area contributed by atoms with Gasteiger partial charge in [0.05, 0.1) is 10.6 Å². The average Bonchev–Trinajstić information content (AvgIpc) is 3.27. The van der Waals surface area contributed by atoms with Gasteiger partial charge < -0.3 is 14.7 Å². The summed E-state index contributed by atoms with van der Waals surface area (Å²) < 4.78 is 43.4. The highest BCUT2D eigenvalue weighted by Gasteiger charge is 2.33. The van der Waals surface area contributed by atoms with Crippen LogP contribution in [0.3, 0.4) is 0 Å². The Hall–Kier alpha value is -2.98. The van der Waals surface area contributed by atoms with Crippen LogP contribution in [0, 0.1) is 11.7 Å². The Kier molecular flexibility index (Phi) is 7.65. The minimum atomic E-state index is -3.97. The molecular formula is C26H33FN4O4S. The van der Waals surface area contributed by atoms with Gasteiger partial charge in [-0.25, -0.2) is 12.8 Å². The van der Waals surface area contributed by atoms with Gasteiger partial charge in [-0.15, -0.1) is 0 Å².